The third-order valence-corrected chi connectivity index (χ3v) is 1.47. The van der Waals surface area contributed by atoms with Gasteiger partial charge >= 0.3 is 0 Å². The molecular formula is C7H6FS. The highest BCUT2D eigenvalue weighted by Gasteiger charge is 1.98. The number of hydrogen-bond donors (Lipinski definition) is 0. The van der Waals surface area contributed by atoms with Crippen LogP contribution < -0.4 is 0 Å². The normalized spacial score (nSPS) is 9.56. The molecule has 1 aromatic carbocycles. The van der Waals surface area contributed by atoms with Gasteiger partial charge in [0.25, 0.3) is 0 Å². The van der Waals surface area contributed by atoms with Gasteiger partial charge in [0.15, 0.2) is 0 Å². The van der Waals surface area contributed by atoms with Crippen LogP contribution in [0.25, 0.3) is 0 Å². The maximum atomic E-state index is 12.6. The Morgan fingerprint density at radius 1 is 1.44 bits per heavy atom. The maximum absolute atomic E-state index is 12.6. The molecule has 0 saturated heterocycles. The zero-order valence-electron chi connectivity index (χ0n) is 5.02. The first-order valence-electron chi connectivity index (χ1n) is 2.64. The van der Waals surface area contributed by atoms with Gasteiger partial charge in [-0.05, 0) is 18.6 Å². The van der Waals surface area contributed by atoms with Crippen molar-refractivity contribution in [2.75, 3.05) is 0 Å². The summed E-state index contributed by atoms with van der Waals surface area (Å²) in [5.41, 5.74) is 0.613. The van der Waals surface area contributed by atoms with E-state index >= 15 is 0 Å². The fraction of sp³-hybridized carbons (Fsp3) is 0.143. The molecular weight excluding hydrogens is 135 g/mol. The third kappa shape index (κ3) is 1.19. The van der Waals surface area contributed by atoms with Gasteiger partial charge < -0.3 is 0 Å². The molecule has 0 spiro atoms. The molecule has 0 heterocycles. The quantitative estimate of drug-likeness (QED) is 0.521. The predicted molar refractivity (Wildman–Crippen MR) is 37.0 cm³/mol. The molecule has 2 heteroatoms. The van der Waals surface area contributed by atoms with Crippen LogP contribution in [-0.2, 0) is 0 Å². The van der Waals surface area contributed by atoms with E-state index in [0.29, 0.717) is 10.5 Å². The van der Waals surface area contributed by atoms with Crippen LogP contribution in [0, 0.1) is 12.7 Å². The number of hydrogen-bond acceptors (Lipinski definition) is 0. The zero-order chi connectivity index (χ0) is 6.85. The molecule has 0 aliphatic heterocycles. The largest absolute Gasteiger partial charge is 0.205 e. The van der Waals surface area contributed by atoms with Gasteiger partial charge in [0.1, 0.15) is 5.82 Å². The van der Waals surface area contributed by atoms with Crippen molar-refractivity contribution < 1.29 is 4.39 Å². The van der Waals surface area contributed by atoms with Crippen molar-refractivity contribution in [1.82, 2.24) is 0 Å². The highest BCUT2D eigenvalue weighted by Crippen LogP contribution is 2.14. The first-order valence-corrected chi connectivity index (χ1v) is 3.05. The lowest BCUT2D eigenvalue weighted by Crippen LogP contribution is -1.81. The van der Waals surface area contributed by atoms with Gasteiger partial charge in [-0.2, -0.15) is 0 Å². The van der Waals surface area contributed by atoms with E-state index in [0.717, 1.165) is 0 Å². The molecule has 0 atom stereocenters. The van der Waals surface area contributed by atoms with E-state index in [1.54, 1.807) is 25.1 Å². The minimum atomic E-state index is -0.271. The first kappa shape index (κ1) is 6.49. The summed E-state index contributed by atoms with van der Waals surface area (Å²) in [7, 11) is 0. The molecule has 0 aliphatic rings. The number of benzene rings is 1. The lowest BCUT2D eigenvalue weighted by atomic mass is 10.2. The van der Waals surface area contributed by atoms with Gasteiger partial charge in [-0.15, -0.1) is 0 Å². The molecule has 1 rings (SSSR count). The molecule has 0 saturated carbocycles. The molecule has 0 N–H and O–H groups in total. The maximum Gasteiger partial charge on any atom is 0.144 e. The average molecular weight is 141 g/mol. The Labute approximate surface area is 59.1 Å². The molecule has 0 unspecified atom stereocenters. The molecule has 1 aromatic rings. The Morgan fingerprint density at radius 3 is 2.56 bits per heavy atom. The van der Waals surface area contributed by atoms with E-state index in [1.807, 2.05) is 0 Å². The molecule has 1 radical (unpaired) electrons. The fourth-order valence-corrected chi connectivity index (χ4v) is 0.860. The van der Waals surface area contributed by atoms with Crippen molar-refractivity contribution in [3.63, 3.8) is 0 Å². The Bertz CT molecular complexity index is 200. The molecule has 0 bridgehead atoms. The molecule has 0 aromatic heterocycles. The summed E-state index contributed by atoms with van der Waals surface area (Å²) >= 11 is 4.67. The van der Waals surface area contributed by atoms with E-state index in [2.05, 4.69) is 12.6 Å². The summed E-state index contributed by atoms with van der Waals surface area (Å²) in [4.78, 5) is 0.301. The third-order valence-electron chi connectivity index (χ3n) is 1.16. The van der Waals surface area contributed by atoms with Crippen molar-refractivity contribution in [3.05, 3.63) is 29.6 Å². The second-order valence-corrected chi connectivity index (χ2v) is 2.33. The van der Waals surface area contributed by atoms with Gasteiger partial charge in [0.2, 0.25) is 0 Å². The van der Waals surface area contributed by atoms with Crippen LogP contribution >= 0.6 is 12.6 Å². The van der Waals surface area contributed by atoms with Crippen molar-refractivity contribution in [2.24, 2.45) is 0 Å². The minimum Gasteiger partial charge on any atom is -0.205 e. The fourth-order valence-electron chi connectivity index (χ4n) is 0.621. The summed E-state index contributed by atoms with van der Waals surface area (Å²) in [6.45, 7) is 1.70. The van der Waals surface area contributed by atoms with E-state index in [1.165, 1.54) is 0 Å². The van der Waals surface area contributed by atoms with Crippen LogP contribution in [0.3, 0.4) is 0 Å². The van der Waals surface area contributed by atoms with Crippen molar-refractivity contribution >= 4 is 12.6 Å². The highest BCUT2D eigenvalue weighted by atomic mass is 32.1. The van der Waals surface area contributed by atoms with Gasteiger partial charge in [-0.1, -0.05) is 24.8 Å². The van der Waals surface area contributed by atoms with Crippen LogP contribution in [0.5, 0.6) is 0 Å². The van der Waals surface area contributed by atoms with Crippen molar-refractivity contribution in [3.8, 4) is 0 Å². The molecule has 0 amide bonds. The van der Waals surface area contributed by atoms with Gasteiger partial charge in [-0.25, -0.2) is 4.39 Å². The minimum absolute atomic E-state index is 0.271. The van der Waals surface area contributed by atoms with E-state index in [-0.39, 0.29) is 5.82 Å². The summed E-state index contributed by atoms with van der Waals surface area (Å²) in [5.74, 6) is -0.271. The van der Waals surface area contributed by atoms with Crippen molar-refractivity contribution in [1.29, 1.82) is 0 Å². The average Bonchev–Trinajstić information content (AvgIpc) is 1.83. The number of aryl methyl sites for hydroxylation is 1. The lowest BCUT2D eigenvalue weighted by molar-refractivity contribution is 0.593. The Kier molecular flexibility index (Phi) is 1.67. The topological polar surface area (TPSA) is 0 Å². The number of rotatable bonds is 0. The Morgan fingerprint density at radius 2 is 2.11 bits per heavy atom. The standard InChI is InChI=1S/C7H6FS/c1-5-3-2-4-6(9)7(5)8/h2-4H,1H3. The highest BCUT2D eigenvalue weighted by molar-refractivity contribution is 7.80. The summed E-state index contributed by atoms with van der Waals surface area (Å²) < 4.78 is 12.6. The monoisotopic (exact) mass is 141 g/mol. The molecule has 0 nitrogen and oxygen atoms in total. The van der Waals surface area contributed by atoms with Crippen LogP contribution in [0.1, 0.15) is 5.56 Å². The smallest absolute Gasteiger partial charge is 0.144 e. The summed E-state index contributed by atoms with van der Waals surface area (Å²) in [6, 6.07) is 5.03. The first-order chi connectivity index (χ1) is 4.22. The lowest BCUT2D eigenvalue weighted by Gasteiger charge is -1.94. The van der Waals surface area contributed by atoms with Crippen LogP contribution in [0.4, 0.5) is 4.39 Å². The van der Waals surface area contributed by atoms with Gasteiger partial charge in [-0.3, -0.25) is 0 Å². The number of halogens is 1. The SMILES string of the molecule is Cc1cccc([S])c1F. The Balaban J connectivity index is 3.25. The van der Waals surface area contributed by atoms with Crippen LogP contribution in [0.2, 0.25) is 0 Å². The van der Waals surface area contributed by atoms with Crippen LogP contribution in [0.15, 0.2) is 23.1 Å². The molecule has 0 fully saturated rings. The predicted octanol–water partition coefficient (Wildman–Crippen LogP) is 2.69. The summed E-state index contributed by atoms with van der Waals surface area (Å²) in [5, 5.41) is 0. The van der Waals surface area contributed by atoms with E-state index in [9.17, 15) is 4.39 Å². The molecule has 47 valence electrons. The second-order valence-electron chi connectivity index (χ2n) is 1.89. The van der Waals surface area contributed by atoms with E-state index < -0.39 is 0 Å². The van der Waals surface area contributed by atoms with Crippen molar-refractivity contribution in [2.45, 2.75) is 11.8 Å². The second kappa shape index (κ2) is 2.31. The Hall–Kier alpha value is -0.630. The van der Waals surface area contributed by atoms with E-state index in [4.69, 9.17) is 0 Å². The molecule has 0 aliphatic carbocycles. The van der Waals surface area contributed by atoms with Gasteiger partial charge in [0, 0.05) is 0 Å². The zero-order valence-corrected chi connectivity index (χ0v) is 5.83. The summed E-state index contributed by atoms with van der Waals surface area (Å²) in [6.07, 6.45) is 0. The van der Waals surface area contributed by atoms with Crippen LogP contribution in [-0.4, -0.2) is 0 Å². The molecule has 9 heavy (non-hydrogen) atoms. The van der Waals surface area contributed by atoms with Gasteiger partial charge in [0.05, 0.1) is 4.90 Å².